The zero-order valence-corrected chi connectivity index (χ0v) is 10.5. The van der Waals surface area contributed by atoms with E-state index in [0.717, 1.165) is 25.7 Å². The highest BCUT2D eigenvalue weighted by molar-refractivity contribution is 4.96. The standard InChI is InChI=1S/C13H24N2O/c1-14-8-9-16-11-13(14)4-6-15(7-5-13)10-12-2-3-12/h12H,2-11H2,1H3. The number of likely N-dealkylation sites (tertiary alicyclic amines) is 1. The zero-order valence-electron chi connectivity index (χ0n) is 10.5. The Morgan fingerprint density at radius 2 is 1.94 bits per heavy atom. The summed E-state index contributed by atoms with van der Waals surface area (Å²) in [5.41, 5.74) is 0.373. The van der Waals surface area contributed by atoms with E-state index in [0.29, 0.717) is 5.54 Å². The highest BCUT2D eigenvalue weighted by Crippen LogP contribution is 2.34. The van der Waals surface area contributed by atoms with E-state index < -0.39 is 0 Å². The van der Waals surface area contributed by atoms with Gasteiger partial charge in [-0.15, -0.1) is 0 Å². The van der Waals surface area contributed by atoms with Gasteiger partial charge in [0.1, 0.15) is 0 Å². The number of rotatable bonds is 2. The molecule has 0 bridgehead atoms. The summed E-state index contributed by atoms with van der Waals surface area (Å²) in [5.74, 6) is 1.04. The number of morpholine rings is 1. The van der Waals surface area contributed by atoms with Crippen LogP contribution < -0.4 is 0 Å². The summed E-state index contributed by atoms with van der Waals surface area (Å²) < 4.78 is 5.70. The SMILES string of the molecule is CN1CCOCC12CCN(CC1CC1)CC2. The van der Waals surface area contributed by atoms with Gasteiger partial charge in [0.05, 0.1) is 13.2 Å². The molecule has 0 atom stereocenters. The second-order valence-electron chi connectivity index (χ2n) is 5.94. The Bertz CT molecular complexity index is 244. The van der Waals surface area contributed by atoms with Gasteiger partial charge in [0.15, 0.2) is 0 Å². The Morgan fingerprint density at radius 3 is 2.56 bits per heavy atom. The lowest BCUT2D eigenvalue weighted by molar-refractivity contribution is -0.0831. The molecule has 3 fully saturated rings. The average molecular weight is 224 g/mol. The molecule has 0 aromatic carbocycles. The van der Waals surface area contributed by atoms with Crippen molar-refractivity contribution < 1.29 is 4.74 Å². The van der Waals surface area contributed by atoms with E-state index in [-0.39, 0.29) is 0 Å². The molecule has 0 unspecified atom stereocenters. The van der Waals surface area contributed by atoms with Gasteiger partial charge in [-0.05, 0) is 51.7 Å². The second-order valence-corrected chi connectivity index (χ2v) is 5.94. The van der Waals surface area contributed by atoms with Crippen LogP contribution in [0.2, 0.25) is 0 Å². The lowest BCUT2D eigenvalue weighted by Gasteiger charge is -2.49. The zero-order chi connectivity index (χ0) is 11.0. The predicted octanol–water partition coefficient (Wildman–Crippen LogP) is 1.19. The van der Waals surface area contributed by atoms with Gasteiger partial charge in [-0.1, -0.05) is 0 Å². The molecule has 0 aromatic rings. The molecule has 1 spiro atoms. The summed E-state index contributed by atoms with van der Waals surface area (Å²) in [6, 6.07) is 0. The van der Waals surface area contributed by atoms with Gasteiger partial charge in [0.25, 0.3) is 0 Å². The van der Waals surface area contributed by atoms with E-state index in [1.807, 2.05) is 0 Å². The Hall–Kier alpha value is -0.120. The average Bonchev–Trinajstić information content (AvgIpc) is 3.10. The third-order valence-corrected chi connectivity index (χ3v) is 4.75. The van der Waals surface area contributed by atoms with Crippen LogP contribution in [-0.2, 0) is 4.74 Å². The number of hydrogen-bond donors (Lipinski definition) is 0. The fourth-order valence-corrected chi connectivity index (χ4v) is 3.15. The molecular formula is C13H24N2O. The molecule has 2 saturated heterocycles. The minimum Gasteiger partial charge on any atom is -0.378 e. The van der Waals surface area contributed by atoms with E-state index in [1.165, 1.54) is 45.3 Å². The van der Waals surface area contributed by atoms with Crippen LogP contribution in [0.5, 0.6) is 0 Å². The molecule has 0 amide bonds. The fraction of sp³-hybridized carbons (Fsp3) is 1.00. The Kier molecular flexibility index (Phi) is 2.94. The van der Waals surface area contributed by atoms with Crippen molar-refractivity contribution in [2.45, 2.75) is 31.2 Å². The van der Waals surface area contributed by atoms with Crippen molar-refractivity contribution in [3.8, 4) is 0 Å². The third kappa shape index (κ3) is 2.13. The number of hydrogen-bond acceptors (Lipinski definition) is 3. The molecule has 2 heterocycles. The molecule has 0 N–H and O–H groups in total. The first-order chi connectivity index (χ1) is 7.78. The Balaban J connectivity index is 1.55. The molecule has 3 nitrogen and oxygen atoms in total. The molecule has 0 aromatic heterocycles. The third-order valence-electron chi connectivity index (χ3n) is 4.75. The molecule has 1 saturated carbocycles. The monoisotopic (exact) mass is 224 g/mol. The van der Waals surface area contributed by atoms with Crippen LogP contribution in [-0.4, -0.2) is 61.8 Å². The molecule has 2 aliphatic heterocycles. The fourth-order valence-electron chi connectivity index (χ4n) is 3.15. The van der Waals surface area contributed by atoms with Gasteiger partial charge < -0.3 is 9.64 Å². The first kappa shape index (κ1) is 11.0. The van der Waals surface area contributed by atoms with Crippen LogP contribution >= 0.6 is 0 Å². The van der Waals surface area contributed by atoms with E-state index in [4.69, 9.17) is 4.74 Å². The topological polar surface area (TPSA) is 15.7 Å². The highest BCUT2D eigenvalue weighted by atomic mass is 16.5. The number of piperidine rings is 1. The lowest BCUT2D eigenvalue weighted by atomic mass is 9.86. The first-order valence-electron chi connectivity index (χ1n) is 6.80. The maximum absolute atomic E-state index is 5.70. The molecule has 3 heteroatoms. The quantitative estimate of drug-likeness (QED) is 0.701. The lowest BCUT2D eigenvalue weighted by Crippen LogP contribution is -2.60. The van der Waals surface area contributed by atoms with Gasteiger partial charge in [0.2, 0.25) is 0 Å². The Morgan fingerprint density at radius 1 is 1.19 bits per heavy atom. The van der Waals surface area contributed by atoms with Crippen LogP contribution in [0.1, 0.15) is 25.7 Å². The van der Waals surface area contributed by atoms with Crippen molar-refractivity contribution in [3.05, 3.63) is 0 Å². The van der Waals surface area contributed by atoms with Crippen LogP contribution in [0, 0.1) is 5.92 Å². The van der Waals surface area contributed by atoms with Crippen molar-refractivity contribution in [1.82, 2.24) is 9.80 Å². The van der Waals surface area contributed by atoms with E-state index >= 15 is 0 Å². The van der Waals surface area contributed by atoms with Crippen molar-refractivity contribution in [3.63, 3.8) is 0 Å². The molecule has 1 aliphatic carbocycles. The molecule has 0 radical (unpaired) electrons. The minimum absolute atomic E-state index is 0.373. The Labute approximate surface area is 98.7 Å². The maximum Gasteiger partial charge on any atom is 0.0651 e. The molecule has 3 aliphatic rings. The van der Waals surface area contributed by atoms with Gasteiger partial charge in [-0.2, -0.15) is 0 Å². The normalized spacial score (nSPS) is 32.1. The minimum atomic E-state index is 0.373. The summed E-state index contributed by atoms with van der Waals surface area (Å²) in [7, 11) is 2.28. The van der Waals surface area contributed by atoms with Crippen molar-refractivity contribution in [1.29, 1.82) is 0 Å². The van der Waals surface area contributed by atoms with E-state index in [2.05, 4.69) is 16.8 Å². The first-order valence-corrected chi connectivity index (χ1v) is 6.80. The van der Waals surface area contributed by atoms with E-state index in [9.17, 15) is 0 Å². The molecule has 3 rings (SSSR count). The number of nitrogens with zero attached hydrogens (tertiary/aromatic N) is 2. The summed E-state index contributed by atoms with van der Waals surface area (Å²) in [5, 5.41) is 0. The molecule has 92 valence electrons. The highest BCUT2D eigenvalue weighted by Gasteiger charge is 2.40. The predicted molar refractivity (Wildman–Crippen MR) is 64.6 cm³/mol. The summed E-state index contributed by atoms with van der Waals surface area (Å²) >= 11 is 0. The van der Waals surface area contributed by atoms with Gasteiger partial charge in [-0.3, -0.25) is 4.90 Å². The summed E-state index contributed by atoms with van der Waals surface area (Å²) in [4.78, 5) is 5.22. The second kappa shape index (κ2) is 4.28. The van der Waals surface area contributed by atoms with Gasteiger partial charge >= 0.3 is 0 Å². The van der Waals surface area contributed by atoms with Crippen molar-refractivity contribution >= 4 is 0 Å². The van der Waals surface area contributed by atoms with Gasteiger partial charge in [0, 0.05) is 18.6 Å². The van der Waals surface area contributed by atoms with Crippen LogP contribution in [0.15, 0.2) is 0 Å². The summed E-state index contributed by atoms with van der Waals surface area (Å²) in [6.07, 6.45) is 5.56. The summed E-state index contributed by atoms with van der Waals surface area (Å²) in [6.45, 7) is 6.92. The number of likely N-dealkylation sites (N-methyl/N-ethyl adjacent to an activating group) is 1. The van der Waals surface area contributed by atoms with Crippen molar-refractivity contribution in [2.24, 2.45) is 5.92 Å². The van der Waals surface area contributed by atoms with Crippen LogP contribution in [0.25, 0.3) is 0 Å². The maximum atomic E-state index is 5.70. The molecule has 16 heavy (non-hydrogen) atoms. The van der Waals surface area contributed by atoms with Crippen molar-refractivity contribution in [2.75, 3.05) is 46.4 Å². The van der Waals surface area contributed by atoms with Gasteiger partial charge in [-0.25, -0.2) is 0 Å². The van der Waals surface area contributed by atoms with Crippen LogP contribution in [0.4, 0.5) is 0 Å². The van der Waals surface area contributed by atoms with E-state index in [1.54, 1.807) is 0 Å². The smallest absolute Gasteiger partial charge is 0.0651 e. The van der Waals surface area contributed by atoms with Crippen LogP contribution in [0.3, 0.4) is 0 Å². The molecular weight excluding hydrogens is 200 g/mol. The number of ether oxygens (including phenoxy) is 1. The largest absolute Gasteiger partial charge is 0.378 e.